The molecule has 1 N–H and O–H groups in total. The summed E-state index contributed by atoms with van der Waals surface area (Å²) in [5.74, 6) is -0.897. The van der Waals surface area contributed by atoms with Crippen LogP contribution in [0.5, 0.6) is 0 Å². The predicted molar refractivity (Wildman–Crippen MR) is 104 cm³/mol. The van der Waals surface area contributed by atoms with Crippen molar-refractivity contribution in [1.29, 1.82) is 0 Å². The molecule has 140 valence electrons. The van der Waals surface area contributed by atoms with Crippen LogP contribution in [0.3, 0.4) is 0 Å². The van der Waals surface area contributed by atoms with Crippen molar-refractivity contribution < 1.29 is 13.9 Å². The molecule has 0 radical (unpaired) electrons. The Hall–Kier alpha value is -2.77. The molecule has 1 aromatic heterocycles. The van der Waals surface area contributed by atoms with Crippen LogP contribution in [-0.2, 0) is 16.1 Å². The first-order chi connectivity index (χ1) is 13.1. The maximum Gasteiger partial charge on any atom is 0.420 e. The van der Waals surface area contributed by atoms with Crippen molar-refractivity contribution in [1.82, 2.24) is 4.57 Å². The molecule has 1 aliphatic rings. The van der Waals surface area contributed by atoms with Gasteiger partial charge >= 0.3 is 5.76 Å². The molecule has 3 aromatic rings. The number of fused-ring (bicyclic) bond motifs is 1. The van der Waals surface area contributed by atoms with Crippen LogP contribution in [0.2, 0.25) is 5.02 Å². The smallest absolute Gasteiger partial charge is 0.408 e. The number of benzene rings is 2. The van der Waals surface area contributed by atoms with Crippen LogP contribution in [0.15, 0.2) is 51.7 Å². The number of carbonyl (C=O) groups excluding carboxylic acids is 1. The zero-order valence-electron chi connectivity index (χ0n) is 14.5. The standard InChI is InChI=1S/C19H18ClN3O4/c20-14-11-13(5-6-15(14)22-7-9-26-10-8-22)21-18(24)12-23-16-3-1-2-4-17(16)27-19(23)25/h1-6,11H,7-10,12H2,(H,21,24). The number of nitrogens with one attached hydrogen (secondary N) is 1. The second-order valence-corrected chi connectivity index (χ2v) is 6.64. The van der Waals surface area contributed by atoms with Gasteiger partial charge in [0.15, 0.2) is 5.58 Å². The summed E-state index contributed by atoms with van der Waals surface area (Å²) in [6.07, 6.45) is 0. The summed E-state index contributed by atoms with van der Waals surface area (Å²) in [7, 11) is 0. The van der Waals surface area contributed by atoms with Crippen molar-refractivity contribution in [3.63, 3.8) is 0 Å². The normalized spacial score (nSPS) is 14.5. The van der Waals surface area contributed by atoms with Crippen molar-refractivity contribution in [2.45, 2.75) is 6.54 Å². The predicted octanol–water partition coefficient (Wildman–Crippen LogP) is 2.72. The number of para-hydroxylation sites is 2. The average Bonchev–Trinajstić information content (AvgIpc) is 2.98. The van der Waals surface area contributed by atoms with E-state index in [1.165, 1.54) is 4.57 Å². The Morgan fingerprint density at radius 1 is 1.15 bits per heavy atom. The molecule has 0 saturated carbocycles. The minimum atomic E-state index is -0.563. The zero-order chi connectivity index (χ0) is 18.8. The molecule has 0 atom stereocenters. The molecule has 1 aliphatic heterocycles. The van der Waals surface area contributed by atoms with Crippen molar-refractivity contribution in [3.05, 3.63) is 58.0 Å². The molecule has 2 heterocycles. The minimum Gasteiger partial charge on any atom is -0.408 e. The molecule has 0 unspecified atom stereocenters. The third-order valence-electron chi connectivity index (χ3n) is 4.46. The lowest BCUT2D eigenvalue weighted by atomic mass is 10.2. The number of rotatable bonds is 4. The van der Waals surface area contributed by atoms with Gasteiger partial charge in [-0.1, -0.05) is 23.7 Å². The maximum atomic E-state index is 12.4. The molecule has 1 amide bonds. The average molecular weight is 388 g/mol. The van der Waals surface area contributed by atoms with Gasteiger partial charge in [-0.25, -0.2) is 4.79 Å². The van der Waals surface area contributed by atoms with Crippen LogP contribution in [0.1, 0.15) is 0 Å². The highest BCUT2D eigenvalue weighted by Crippen LogP contribution is 2.29. The van der Waals surface area contributed by atoms with Gasteiger partial charge in [0, 0.05) is 18.8 Å². The Morgan fingerprint density at radius 2 is 1.93 bits per heavy atom. The van der Waals surface area contributed by atoms with E-state index in [2.05, 4.69) is 10.2 Å². The Kier molecular flexibility index (Phi) is 4.87. The lowest BCUT2D eigenvalue weighted by Crippen LogP contribution is -2.36. The largest absolute Gasteiger partial charge is 0.420 e. The SMILES string of the molecule is O=C(Cn1c(=O)oc2ccccc21)Nc1ccc(N2CCOCC2)c(Cl)c1. The van der Waals surface area contributed by atoms with Gasteiger partial charge in [0.2, 0.25) is 5.91 Å². The highest BCUT2D eigenvalue weighted by atomic mass is 35.5. The van der Waals surface area contributed by atoms with E-state index in [1.807, 2.05) is 6.07 Å². The molecule has 2 aromatic carbocycles. The van der Waals surface area contributed by atoms with Crippen LogP contribution < -0.4 is 16.0 Å². The number of amides is 1. The molecule has 4 rings (SSSR count). The number of morpholine rings is 1. The van der Waals surface area contributed by atoms with Crippen LogP contribution in [0.25, 0.3) is 11.1 Å². The molecule has 1 saturated heterocycles. The van der Waals surface area contributed by atoms with Gasteiger partial charge in [-0.3, -0.25) is 9.36 Å². The molecular formula is C19H18ClN3O4. The first-order valence-electron chi connectivity index (χ1n) is 8.62. The first kappa shape index (κ1) is 17.6. The number of carbonyl (C=O) groups is 1. The number of nitrogens with zero attached hydrogens (tertiary/aromatic N) is 2. The summed E-state index contributed by atoms with van der Waals surface area (Å²) in [5.41, 5.74) is 2.52. The molecule has 27 heavy (non-hydrogen) atoms. The number of anilines is 2. The maximum absolute atomic E-state index is 12.4. The molecule has 0 spiro atoms. The summed E-state index contributed by atoms with van der Waals surface area (Å²) in [5, 5.41) is 3.33. The summed E-state index contributed by atoms with van der Waals surface area (Å²) >= 11 is 6.39. The van der Waals surface area contributed by atoms with Crippen LogP contribution >= 0.6 is 11.6 Å². The van der Waals surface area contributed by atoms with Crippen molar-refractivity contribution >= 4 is 40.0 Å². The van der Waals surface area contributed by atoms with Gasteiger partial charge < -0.3 is 19.4 Å². The third-order valence-corrected chi connectivity index (χ3v) is 4.76. The highest BCUT2D eigenvalue weighted by molar-refractivity contribution is 6.33. The fraction of sp³-hybridized carbons (Fsp3) is 0.263. The first-order valence-corrected chi connectivity index (χ1v) is 9.00. The lowest BCUT2D eigenvalue weighted by Gasteiger charge is -2.29. The number of ether oxygens (including phenoxy) is 1. The Bertz CT molecular complexity index is 1040. The number of oxazole rings is 1. The van der Waals surface area contributed by atoms with Gasteiger partial charge in [0.25, 0.3) is 0 Å². The summed E-state index contributed by atoms with van der Waals surface area (Å²) in [6.45, 7) is 2.76. The second kappa shape index (κ2) is 7.46. The van der Waals surface area contributed by atoms with Crippen LogP contribution in [-0.4, -0.2) is 36.8 Å². The van der Waals surface area contributed by atoms with E-state index in [1.54, 1.807) is 36.4 Å². The second-order valence-electron chi connectivity index (χ2n) is 6.24. The van der Waals surface area contributed by atoms with Crippen LogP contribution in [0.4, 0.5) is 11.4 Å². The Labute approximate surface area is 160 Å². The molecule has 1 fully saturated rings. The molecule has 7 nitrogen and oxygen atoms in total. The van der Waals surface area contributed by atoms with E-state index in [9.17, 15) is 9.59 Å². The summed E-state index contributed by atoms with van der Waals surface area (Å²) < 4.78 is 11.8. The molecular weight excluding hydrogens is 370 g/mol. The lowest BCUT2D eigenvalue weighted by molar-refractivity contribution is -0.116. The summed E-state index contributed by atoms with van der Waals surface area (Å²) in [4.78, 5) is 26.5. The van der Waals surface area contributed by atoms with Gasteiger partial charge in [-0.15, -0.1) is 0 Å². The topological polar surface area (TPSA) is 76.7 Å². The van der Waals surface area contributed by atoms with Gasteiger partial charge in [-0.05, 0) is 30.3 Å². The van der Waals surface area contributed by atoms with Gasteiger partial charge in [0.1, 0.15) is 6.54 Å². The van der Waals surface area contributed by atoms with E-state index in [0.717, 1.165) is 18.8 Å². The van der Waals surface area contributed by atoms with E-state index in [-0.39, 0.29) is 12.5 Å². The van der Waals surface area contributed by atoms with Crippen LogP contribution in [0, 0.1) is 0 Å². The van der Waals surface area contributed by atoms with E-state index < -0.39 is 5.76 Å². The monoisotopic (exact) mass is 387 g/mol. The van der Waals surface area contributed by atoms with Crippen molar-refractivity contribution in [2.75, 3.05) is 36.5 Å². The Morgan fingerprint density at radius 3 is 2.70 bits per heavy atom. The summed E-state index contributed by atoms with van der Waals surface area (Å²) in [6, 6.07) is 12.4. The number of hydrogen-bond acceptors (Lipinski definition) is 5. The Balaban J connectivity index is 1.48. The number of aromatic nitrogens is 1. The van der Waals surface area contributed by atoms with Gasteiger partial charge in [-0.2, -0.15) is 0 Å². The minimum absolute atomic E-state index is 0.140. The van der Waals surface area contributed by atoms with E-state index in [0.29, 0.717) is 35.0 Å². The fourth-order valence-corrected chi connectivity index (χ4v) is 3.45. The molecule has 0 aliphatic carbocycles. The van der Waals surface area contributed by atoms with Gasteiger partial charge in [0.05, 0.1) is 29.4 Å². The third kappa shape index (κ3) is 3.70. The number of halogens is 1. The molecule has 0 bridgehead atoms. The highest BCUT2D eigenvalue weighted by Gasteiger charge is 2.16. The molecule has 8 heteroatoms. The van der Waals surface area contributed by atoms with Crippen molar-refractivity contribution in [2.24, 2.45) is 0 Å². The quantitative estimate of drug-likeness (QED) is 0.744. The van der Waals surface area contributed by atoms with Crippen molar-refractivity contribution in [3.8, 4) is 0 Å². The van der Waals surface area contributed by atoms with E-state index in [4.69, 9.17) is 20.8 Å². The fourth-order valence-electron chi connectivity index (χ4n) is 3.15. The van der Waals surface area contributed by atoms with E-state index >= 15 is 0 Å². The zero-order valence-corrected chi connectivity index (χ0v) is 15.2. The number of hydrogen-bond donors (Lipinski definition) is 1.